The standard InChI is InChI=1S/C29H43N5O6S/c1-16(2)12-21-26(37)34-23(13-17(3)4)29(40)41-15-24(31-19(6)35)28(39)30-18(5)25(36)32-22(27(38)33-21)14-20-10-8-7-9-11-20/h7-11,16-18,21-24H,12-15H2,1-6H3,(H,30,39)(H,31,35)(H,32,36)(H,33,38)(H,34,37)/t18-,21-,22-,23-,24-/m0/s1. The van der Waals surface area contributed by atoms with Crippen molar-refractivity contribution in [2.45, 2.75) is 91.0 Å². The molecule has 11 nitrogen and oxygen atoms in total. The zero-order chi connectivity index (χ0) is 30.7. The fourth-order valence-corrected chi connectivity index (χ4v) is 5.28. The summed E-state index contributed by atoms with van der Waals surface area (Å²) in [7, 11) is 0. The van der Waals surface area contributed by atoms with Crippen molar-refractivity contribution < 1.29 is 28.8 Å². The van der Waals surface area contributed by atoms with E-state index in [-0.39, 0.29) is 29.1 Å². The van der Waals surface area contributed by atoms with Crippen molar-refractivity contribution in [1.82, 2.24) is 26.6 Å². The third-order valence-corrected chi connectivity index (χ3v) is 7.47. The molecule has 1 aromatic carbocycles. The van der Waals surface area contributed by atoms with Crippen molar-refractivity contribution in [1.29, 1.82) is 0 Å². The van der Waals surface area contributed by atoms with Gasteiger partial charge in [0.15, 0.2) is 0 Å². The average molecular weight is 590 g/mol. The molecule has 2 rings (SSSR count). The minimum absolute atomic E-state index is 0.0427. The highest BCUT2D eigenvalue weighted by atomic mass is 32.2. The van der Waals surface area contributed by atoms with Gasteiger partial charge in [-0.15, -0.1) is 0 Å². The maximum absolute atomic E-state index is 13.6. The van der Waals surface area contributed by atoms with Crippen molar-refractivity contribution in [3.8, 4) is 0 Å². The molecular formula is C29H43N5O6S. The first-order valence-electron chi connectivity index (χ1n) is 14.0. The van der Waals surface area contributed by atoms with Crippen molar-refractivity contribution >= 4 is 46.4 Å². The Hall–Kier alpha value is -3.41. The van der Waals surface area contributed by atoms with E-state index in [0.717, 1.165) is 17.3 Å². The van der Waals surface area contributed by atoms with E-state index in [1.54, 1.807) is 0 Å². The van der Waals surface area contributed by atoms with Crippen molar-refractivity contribution in [3.05, 3.63) is 35.9 Å². The van der Waals surface area contributed by atoms with Gasteiger partial charge in [-0.2, -0.15) is 0 Å². The van der Waals surface area contributed by atoms with E-state index >= 15 is 0 Å². The van der Waals surface area contributed by atoms with Gasteiger partial charge in [0.25, 0.3) is 0 Å². The highest BCUT2D eigenvalue weighted by Gasteiger charge is 2.33. The molecule has 0 aliphatic carbocycles. The van der Waals surface area contributed by atoms with E-state index in [0.29, 0.717) is 12.8 Å². The Balaban J connectivity index is 2.48. The Morgan fingerprint density at radius 2 is 1.34 bits per heavy atom. The fraction of sp³-hybridized carbons (Fsp3) is 0.586. The molecule has 1 aliphatic rings. The molecule has 0 spiro atoms. The monoisotopic (exact) mass is 589 g/mol. The molecule has 0 saturated carbocycles. The molecule has 0 radical (unpaired) electrons. The Morgan fingerprint density at radius 1 is 0.805 bits per heavy atom. The topological polar surface area (TPSA) is 163 Å². The van der Waals surface area contributed by atoms with Crippen LogP contribution in [-0.2, 0) is 35.2 Å². The average Bonchev–Trinajstić information content (AvgIpc) is 2.88. The summed E-state index contributed by atoms with van der Waals surface area (Å²) in [6.07, 6.45) is 0.811. The summed E-state index contributed by atoms with van der Waals surface area (Å²) < 4.78 is 0. The Kier molecular flexibility index (Phi) is 13.3. The first-order valence-corrected chi connectivity index (χ1v) is 14.9. The van der Waals surface area contributed by atoms with Gasteiger partial charge < -0.3 is 26.6 Å². The lowest BCUT2D eigenvalue weighted by atomic mass is 9.99. The molecule has 5 atom stereocenters. The predicted octanol–water partition coefficient (Wildman–Crippen LogP) is 1.06. The van der Waals surface area contributed by atoms with Gasteiger partial charge in [-0.25, -0.2) is 0 Å². The van der Waals surface area contributed by atoms with Crippen LogP contribution in [-0.4, -0.2) is 70.6 Å². The Morgan fingerprint density at radius 3 is 1.93 bits per heavy atom. The van der Waals surface area contributed by atoms with Gasteiger partial charge in [0, 0.05) is 19.1 Å². The van der Waals surface area contributed by atoms with E-state index in [2.05, 4.69) is 26.6 Å². The van der Waals surface area contributed by atoms with Crippen LogP contribution in [0.3, 0.4) is 0 Å². The molecule has 1 saturated heterocycles. The second-order valence-electron chi connectivity index (χ2n) is 11.2. The van der Waals surface area contributed by atoms with E-state index in [4.69, 9.17) is 0 Å². The summed E-state index contributed by atoms with van der Waals surface area (Å²) in [6, 6.07) is 4.09. The van der Waals surface area contributed by atoms with Crippen LogP contribution in [0.1, 0.15) is 59.9 Å². The van der Waals surface area contributed by atoms with Crippen LogP contribution in [0.2, 0.25) is 0 Å². The molecule has 1 aliphatic heterocycles. The van der Waals surface area contributed by atoms with Gasteiger partial charge in [0.2, 0.25) is 34.7 Å². The molecular weight excluding hydrogens is 546 g/mol. The van der Waals surface area contributed by atoms with E-state index in [9.17, 15) is 28.8 Å². The van der Waals surface area contributed by atoms with Gasteiger partial charge in [-0.1, -0.05) is 69.8 Å². The van der Waals surface area contributed by atoms with Crippen molar-refractivity contribution in [3.63, 3.8) is 0 Å². The maximum atomic E-state index is 13.6. The van der Waals surface area contributed by atoms with Gasteiger partial charge in [-0.3, -0.25) is 28.8 Å². The first-order chi connectivity index (χ1) is 19.3. The summed E-state index contributed by atoms with van der Waals surface area (Å²) in [4.78, 5) is 78.2. The quantitative estimate of drug-likeness (QED) is 0.318. The number of hydrogen-bond acceptors (Lipinski definition) is 7. The number of carbonyl (C=O) groups excluding carboxylic acids is 6. The van der Waals surface area contributed by atoms with Crippen molar-refractivity contribution in [2.75, 3.05) is 5.75 Å². The minimum Gasteiger partial charge on any atom is -0.344 e. The number of hydrogen-bond donors (Lipinski definition) is 5. The molecule has 0 aromatic heterocycles. The van der Waals surface area contributed by atoms with Crippen LogP contribution >= 0.6 is 11.8 Å². The SMILES string of the molecule is CC(=O)N[C@H]1CSC(=O)[C@H](CC(C)C)NC(=O)[C@H](CC(C)C)NC(=O)[C@H](Cc2ccccc2)NC(=O)[C@H](C)NC1=O. The molecule has 1 heterocycles. The molecule has 1 fully saturated rings. The molecule has 0 bridgehead atoms. The normalized spacial score (nSPS) is 25.3. The second-order valence-corrected chi connectivity index (χ2v) is 12.3. The van der Waals surface area contributed by atoms with E-state index in [1.165, 1.54) is 13.8 Å². The Bertz CT molecular complexity index is 1100. The van der Waals surface area contributed by atoms with Gasteiger partial charge in [0.1, 0.15) is 24.2 Å². The lowest BCUT2D eigenvalue weighted by Crippen LogP contribution is -2.59. The number of benzene rings is 1. The number of carbonyl (C=O) groups is 6. The first kappa shape index (κ1) is 33.8. The van der Waals surface area contributed by atoms with Gasteiger partial charge in [-0.05, 0) is 37.2 Å². The molecule has 12 heteroatoms. The van der Waals surface area contributed by atoms with Crippen LogP contribution in [0.4, 0.5) is 0 Å². The number of amides is 5. The van der Waals surface area contributed by atoms with E-state index < -0.39 is 59.7 Å². The minimum atomic E-state index is -1.10. The number of nitrogens with one attached hydrogen (secondary N) is 5. The molecule has 0 unspecified atom stereocenters. The molecule has 1 aromatic rings. The third-order valence-electron chi connectivity index (χ3n) is 6.40. The van der Waals surface area contributed by atoms with E-state index in [1.807, 2.05) is 58.0 Å². The summed E-state index contributed by atoms with van der Waals surface area (Å²) in [6.45, 7) is 10.4. The van der Waals surface area contributed by atoms with Crippen LogP contribution in [0.15, 0.2) is 30.3 Å². The smallest absolute Gasteiger partial charge is 0.244 e. The molecule has 5 N–H and O–H groups in total. The largest absolute Gasteiger partial charge is 0.344 e. The fourth-order valence-electron chi connectivity index (χ4n) is 4.36. The lowest BCUT2D eigenvalue weighted by Gasteiger charge is -2.28. The summed E-state index contributed by atoms with van der Waals surface area (Å²) in [5.41, 5.74) is 0.786. The van der Waals surface area contributed by atoms with Crippen LogP contribution < -0.4 is 26.6 Å². The van der Waals surface area contributed by atoms with Crippen LogP contribution in [0.5, 0.6) is 0 Å². The zero-order valence-corrected chi connectivity index (χ0v) is 25.4. The summed E-state index contributed by atoms with van der Waals surface area (Å²) >= 11 is 0.820. The van der Waals surface area contributed by atoms with Crippen molar-refractivity contribution in [2.24, 2.45) is 11.8 Å². The maximum Gasteiger partial charge on any atom is 0.244 e. The van der Waals surface area contributed by atoms with Gasteiger partial charge in [0.05, 0.1) is 6.04 Å². The Labute approximate surface area is 246 Å². The highest BCUT2D eigenvalue weighted by molar-refractivity contribution is 8.13. The summed E-state index contributed by atoms with van der Waals surface area (Å²) in [5.74, 6) is -2.80. The lowest BCUT2D eigenvalue weighted by molar-refractivity contribution is -0.134. The van der Waals surface area contributed by atoms with Gasteiger partial charge >= 0.3 is 0 Å². The summed E-state index contributed by atoms with van der Waals surface area (Å²) in [5, 5.41) is 13.0. The third kappa shape index (κ3) is 11.5. The molecule has 226 valence electrons. The van der Waals surface area contributed by atoms with Crippen LogP contribution in [0.25, 0.3) is 0 Å². The number of rotatable bonds is 7. The molecule has 5 amide bonds. The zero-order valence-electron chi connectivity index (χ0n) is 24.6. The molecule has 41 heavy (non-hydrogen) atoms. The second kappa shape index (κ2) is 16.1. The highest BCUT2D eigenvalue weighted by Crippen LogP contribution is 2.16. The van der Waals surface area contributed by atoms with Crippen LogP contribution in [0, 0.1) is 11.8 Å². The predicted molar refractivity (Wildman–Crippen MR) is 158 cm³/mol. The number of thioether (sulfide) groups is 1.